The molecule has 6 nitrogen and oxygen atoms in total. The van der Waals surface area contributed by atoms with E-state index in [9.17, 15) is 9.59 Å². The fourth-order valence-corrected chi connectivity index (χ4v) is 5.28. The standard InChI is InChI=1S/C23H23NO5/c1-13-18(25)9-11-22(2)10-8-16-20(19(13)22)28-21(26)23(16)12-17(24-29-23)14-4-6-15(27-3)7-5-14/h4-7,9,11,16,20H,8,10,12H2,1-3H3/t16-,20+,22+,23+/m1/s1. The maximum Gasteiger partial charge on any atom is 0.354 e. The number of hydrogen-bond donors (Lipinski definition) is 0. The van der Waals surface area contributed by atoms with Gasteiger partial charge in [-0.1, -0.05) is 18.2 Å². The topological polar surface area (TPSA) is 74.2 Å². The van der Waals surface area contributed by atoms with Crippen molar-refractivity contribution in [2.75, 3.05) is 7.11 Å². The number of nitrogens with zero attached hydrogens (tertiary/aromatic N) is 1. The molecule has 6 heteroatoms. The van der Waals surface area contributed by atoms with Gasteiger partial charge in [0.2, 0.25) is 5.60 Å². The van der Waals surface area contributed by atoms with E-state index in [1.165, 1.54) is 0 Å². The summed E-state index contributed by atoms with van der Waals surface area (Å²) in [6, 6.07) is 7.54. The van der Waals surface area contributed by atoms with Crippen LogP contribution >= 0.6 is 0 Å². The summed E-state index contributed by atoms with van der Waals surface area (Å²) in [7, 11) is 1.62. The summed E-state index contributed by atoms with van der Waals surface area (Å²) < 4.78 is 11.1. The fourth-order valence-electron chi connectivity index (χ4n) is 5.28. The number of carbonyl (C=O) groups excluding carboxylic acids is 2. The highest BCUT2D eigenvalue weighted by molar-refractivity contribution is 6.07. The smallest absolute Gasteiger partial charge is 0.354 e. The van der Waals surface area contributed by atoms with Crippen LogP contribution in [0.5, 0.6) is 5.75 Å². The van der Waals surface area contributed by atoms with Crippen LogP contribution in [0.15, 0.2) is 52.7 Å². The van der Waals surface area contributed by atoms with Crippen LogP contribution in [0.4, 0.5) is 0 Å². The van der Waals surface area contributed by atoms with Crippen molar-refractivity contribution in [3.8, 4) is 5.75 Å². The average Bonchev–Trinajstić information content (AvgIpc) is 3.28. The number of ketones is 1. The number of ether oxygens (including phenoxy) is 2. The fraction of sp³-hybridized carbons (Fsp3) is 0.435. The number of fused-ring (bicyclic) bond motifs is 4. The molecule has 0 aromatic heterocycles. The van der Waals surface area contributed by atoms with Gasteiger partial charge in [-0.25, -0.2) is 4.79 Å². The van der Waals surface area contributed by atoms with E-state index in [0.29, 0.717) is 12.0 Å². The molecule has 0 radical (unpaired) electrons. The van der Waals surface area contributed by atoms with Crippen LogP contribution in [-0.2, 0) is 19.2 Å². The number of oxime groups is 1. The molecule has 0 N–H and O–H groups in total. The quantitative estimate of drug-likeness (QED) is 0.721. The molecule has 29 heavy (non-hydrogen) atoms. The molecule has 1 aromatic carbocycles. The van der Waals surface area contributed by atoms with Crippen LogP contribution in [0.1, 0.15) is 38.7 Å². The van der Waals surface area contributed by atoms with Gasteiger partial charge in [-0.05, 0) is 61.2 Å². The third-order valence-electron chi connectivity index (χ3n) is 6.97. The van der Waals surface area contributed by atoms with E-state index in [0.717, 1.165) is 35.4 Å². The van der Waals surface area contributed by atoms with Crippen molar-refractivity contribution in [2.45, 2.75) is 44.8 Å². The largest absolute Gasteiger partial charge is 0.497 e. The van der Waals surface area contributed by atoms with Crippen molar-refractivity contribution in [2.24, 2.45) is 16.5 Å². The number of benzene rings is 1. The first-order chi connectivity index (χ1) is 13.9. The minimum absolute atomic E-state index is 0.0161. The third-order valence-corrected chi connectivity index (χ3v) is 6.97. The van der Waals surface area contributed by atoms with Crippen molar-refractivity contribution in [3.63, 3.8) is 0 Å². The molecular weight excluding hydrogens is 370 g/mol. The Morgan fingerprint density at radius 2 is 1.97 bits per heavy atom. The minimum Gasteiger partial charge on any atom is -0.497 e. The van der Waals surface area contributed by atoms with Crippen LogP contribution in [0.25, 0.3) is 0 Å². The Bertz CT molecular complexity index is 1000. The highest BCUT2D eigenvalue weighted by Gasteiger charge is 2.66. The lowest BCUT2D eigenvalue weighted by molar-refractivity contribution is -0.158. The number of esters is 1. The van der Waals surface area contributed by atoms with E-state index < -0.39 is 11.7 Å². The average molecular weight is 393 g/mol. The number of allylic oxidation sites excluding steroid dienone is 3. The monoisotopic (exact) mass is 393 g/mol. The first-order valence-corrected chi connectivity index (χ1v) is 9.93. The molecule has 0 amide bonds. The van der Waals surface area contributed by atoms with Crippen LogP contribution in [0, 0.1) is 11.3 Å². The molecule has 5 rings (SSSR count). The predicted molar refractivity (Wildman–Crippen MR) is 106 cm³/mol. The van der Waals surface area contributed by atoms with Crippen molar-refractivity contribution < 1.29 is 23.9 Å². The molecule has 2 fully saturated rings. The second-order valence-electron chi connectivity index (χ2n) is 8.55. The maximum absolute atomic E-state index is 13.0. The maximum atomic E-state index is 13.0. The highest BCUT2D eigenvalue weighted by atomic mass is 16.7. The van der Waals surface area contributed by atoms with E-state index in [1.54, 1.807) is 13.2 Å². The predicted octanol–water partition coefficient (Wildman–Crippen LogP) is 3.36. The Hall–Kier alpha value is -2.89. The molecular formula is C23H23NO5. The Morgan fingerprint density at radius 1 is 1.21 bits per heavy atom. The molecule has 2 aliphatic heterocycles. The SMILES string of the molecule is COc1ccc(C2=NO[C@]3(C2)C(=O)O[C@@H]2C4=C(C)C(=O)C=C[C@]4(C)CC[C@H]23)cc1. The van der Waals surface area contributed by atoms with Crippen molar-refractivity contribution in [1.29, 1.82) is 0 Å². The molecule has 2 aliphatic carbocycles. The number of methoxy groups -OCH3 is 1. The molecule has 1 saturated heterocycles. The van der Waals surface area contributed by atoms with Gasteiger partial charge in [-0.3, -0.25) is 4.79 Å². The summed E-state index contributed by atoms with van der Waals surface area (Å²) in [5.74, 6) is 0.197. The van der Waals surface area contributed by atoms with Gasteiger partial charge in [0.15, 0.2) is 5.78 Å². The van der Waals surface area contributed by atoms with Crippen LogP contribution in [0.3, 0.4) is 0 Å². The summed E-state index contributed by atoms with van der Waals surface area (Å²) >= 11 is 0. The second kappa shape index (κ2) is 6.05. The molecule has 1 aromatic rings. The Kier molecular flexibility index (Phi) is 3.79. The number of carbonyl (C=O) groups is 2. The van der Waals surface area contributed by atoms with E-state index >= 15 is 0 Å². The van der Waals surface area contributed by atoms with Gasteiger partial charge >= 0.3 is 5.97 Å². The molecule has 4 atom stereocenters. The molecule has 0 unspecified atom stereocenters. The van der Waals surface area contributed by atoms with Gasteiger partial charge in [-0.15, -0.1) is 0 Å². The molecule has 150 valence electrons. The normalized spacial score (nSPS) is 35.2. The van der Waals surface area contributed by atoms with Gasteiger partial charge < -0.3 is 14.3 Å². The lowest BCUT2D eigenvalue weighted by Gasteiger charge is -2.43. The van der Waals surface area contributed by atoms with Crippen molar-refractivity contribution in [3.05, 3.63) is 53.1 Å². The van der Waals surface area contributed by atoms with E-state index in [4.69, 9.17) is 14.3 Å². The first-order valence-electron chi connectivity index (χ1n) is 9.93. The third kappa shape index (κ3) is 2.44. The summed E-state index contributed by atoms with van der Waals surface area (Å²) in [4.78, 5) is 31.2. The lowest BCUT2D eigenvalue weighted by atomic mass is 9.60. The summed E-state index contributed by atoms with van der Waals surface area (Å²) in [5.41, 5.74) is 1.86. The van der Waals surface area contributed by atoms with Crippen LogP contribution in [0.2, 0.25) is 0 Å². The van der Waals surface area contributed by atoms with E-state index in [-0.39, 0.29) is 23.1 Å². The summed E-state index contributed by atoms with van der Waals surface area (Å²) in [5, 5.41) is 4.27. The van der Waals surface area contributed by atoms with Crippen LogP contribution < -0.4 is 4.74 Å². The Balaban J connectivity index is 1.47. The number of hydrogen-bond acceptors (Lipinski definition) is 6. The van der Waals surface area contributed by atoms with Gasteiger partial charge in [0.25, 0.3) is 0 Å². The van der Waals surface area contributed by atoms with Gasteiger partial charge in [0, 0.05) is 17.4 Å². The number of rotatable bonds is 2. The molecule has 4 aliphatic rings. The zero-order valence-corrected chi connectivity index (χ0v) is 16.7. The van der Waals surface area contributed by atoms with E-state index in [1.807, 2.05) is 37.3 Å². The Morgan fingerprint density at radius 3 is 2.69 bits per heavy atom. The zero-order valence-electron chi connectivity index (χ0n) is 16.7. The first kappa shape index (κ1) is 18.2. The van der Waals surface area contributed by atoms with Crippen molar-refractivity contribution in [1.82, 2.24) is 0 Å². The summed E-state index contributed by atoms with van der Waals surface area (Å²) in [6.07, 6.45) is 5.13. The van der Waals surface area contributed by atoms with Crippen LogP contribution in [-0.4, -0.2) is 36.3 Å². The second-order valence-corrected chi connectivity index (χ2v) is 8.55. The highest BCUT2D eigenvalue weighted by Crippen LogP contribution is 2.56. The molecule has 1 saturated carbocycles. The van der Waals surface area contributed by atoms with Crippen molar-refractivity contribution >= 4 is 17.5 Å². The molecule has 1 spiro atoms. The van der Waals surface area contributed by atoms with Gasteiger partial charge in [0.1, 0.15) is 11.9 Å². The zero-order chi connectivity index (χ0) is 20.4. The molecule has 2 heterocycles. The molecule has 0 bridgehead atoms. The minimum atomic E-state index is -1.11. The van der Waals surface area contributed by atoms with Gasteiger partial charge in [0.05, 0.1) is 18.7 Å². The Labute approximate surface area is 169 Å². The van der Waals surface area contributed by atoms with Gasteiger partial charge in [-0.2, -0.15) is 0 Å². The summed E-state index contributed by atoms with van der Waals surface area (Å²) in [6.45, 7) is 3.94. The lowest BCUT2D eigenvalue weighted by Crippen LogP contribution is -2.47. The van der Waals surface area contributed by atoms with E-state index in [2.05, 4.69) is 12.1 Å².